The average molecular weight is 303 g/mol. The molecule has 1 aromatic rings. The number of methoxy groups -OCH3 is 1. The molecule has 1 saturated heterocycles. The maximum atomic E-state index is 12.1. The monoisotopic (exact) mass is 303 g/mol. The molecule has 0 N–H and O–H groups in total. The van der Waals surface area contributed by atoms with E-state index in [2.05, 4.69) is 30.9 Å². The van der Waals surface area contributed by atoms with Gasteiger partial charge in [-0.2, -0.15) is 0 Å². The van der Waals surface area contributed by atoms with Gasteiger partial charge in [0, 0.05) is 19.5 Å². The Labute approximate surface area is 134 Å². The molecule has 2 rings (SSSR count). The molecule has 3 nitrogen and oxygen atoms in total. The van der Waals surface area contributed by atoms with E-state index in [0.29, 0.717) is 18.2 Å². The molecule has 0 aromatic heterocycles. The maximum Gasteiger partial charge on any atom is 0.222 e. The molecular formula is C19H29NO2. The second kappa shape index (κ2) is 8.21. The van der Waals surface area contributed by atoms with Crippen molar-refractivity contribution in [2.75, 3.05) is 20.2 Å². The van der Waals surface area contributed by atoms with Gasteiger partial charge in [-0.25, -0.2) is 0 Å². The molecule has 1 aliphatic rings. The molecule has 1 aliphatic heterocycles. The predicted octanol–water partition coefficient (Wildman–Crippen LogP) is 3.91. The van der Waals surface area contributed by atoms with E-state index in [9.17, 15) is 4.79 Å². The number of ether oxygens (including phenoxy) is 1. The molecule has 0 aliphatic carbocycles. The summed E-state index contributed by atoms with van der Waals surface area (Å²) in [4.78, 5) is 14.1. The summed E-state index contributed by atoms with van der Waals surface area (Å²) in [5.41, 5.74) is 1.37. The minimum atomic E-state index is 0.337. The molecule has 122 valence electrons. The lowest BCUT2D eigenvalue weighted by Gasteiger charge is -2.32. The van der Waals surface area contributed by atoms with E-state index in [0.717, 1.165) is 44.0 Å². The maximum absolute atomic E-state index is 12.1. The van der Waals surface area contributed by atoms with Crippen LogP contribution in [0.25, 0.3) is 0 Å². The van der Waals surface area contributed by atoms with Crippen LogP contribution in [0.1, 0.15) is 45.1 Å². The third kappa shape index (κ3) is 5.04. The molecule has 0 saturated carbocycles. The first kappa shape index (κ1) is 16.9. The van der Waals surface area contributed by atoms with Crippen molar-refractivity contribution in [1.82, 2.24) is 4.90 Å². The van der Waals surface area contributed by atoms with Crippen LogP contribution in [0.3, 0.4) is 0 Å². The normalized spacial score (nSPS) is 16.1. The minimum absolute atomic E-state index is 0.337. The number of rotatable bonds is 6. The fraction of sp³-hybridized carbons (Fsp3) is 0.632. The summed E-state index contributed by atoms with van der Waals surface area (Å²) in [7, 11) is 1.70. The zero-order valence-corrected chi connectivity index (χ0v) is 14.2. The van der Waals surface area contributed by atoms with E-state index >= 15 is 0 Å². The van der Waals surface area contributed by atoms with Gasteiger partial charge >= 0.3 is 0 Å². The highest BCUT2D eigenvalue weighted by Gasteiger charge is 2.22. The lowest BCUT2D eigenvalue weighted by molar-refractivity contribution is -0.133. The number of hydrogen-bond donors (Lipinski definition) is 0. The van der Waals surface area contributed by atoms with E-state index in [1.165, 1.54) is 12.0 Å². The average Bonchev–Trinajstić information content (AvgIpc) is 2.53. The van der Waals surface area contributed by atoms with E-state index in [4.69, 9.17) is 4.74 Å². The molecular weight excluding hydrogens is 274 g/mol. The first-order valence-corrected chi connectivity index (χ1v) is 8.49. The molecule has 0 spiro atoms. The van der Waals surface area contributed by atoms with Crippen LogP contribution >= 0.6 is 0 Å². The van der Waals surface area contributed by atoms with Gasteiger partial charge in [-0.15, -0.1) is 0 Å². The number of amides is 1. The number of hydrogen-bond acceptors (Lipinski definition) is 2. The minimum Gasteiger partial charge on any atom is -0.497 e. The highest BCUT2D eigenvalue weighted by atomic mass is 16.5. The van der Waals surface area contributed by atoms with Crippen molar-refractivity contribution in [3.8, 4) is 5.75 Å². The van der Waals surface area contributed by atoms with Gasteiger partial charge in [0.15, 0.2) is 0 Å². The quantitative estimate of drug-likeness (QED) is 0.797. The SMILES string of the molecule is COc1ccc(CCC2CCN(C(=O)CC(C)C)CC2)cc1. The highest BCUT2D eigenvalue weighted by molar-refractivity contribution is 5.76. The Morgan fingerprint density at radius 2 is 1.86 bits per heavy atom. The zero-order chi connectivity index (χ0) is 15.9. The Balaban J connectivity index is 1.71. The zero-order valence-electron chi connectivity index (χ0n) is 14.2. The van der Waals surface area contributed by atoms with Crippen LogP contribution in [-0.4, -0.2) is 31.0 Å². The Morgan fingerprint density at radius 3 is 2.41 bits per heavy atom. The number of aryl methyl sites for hydroxylation is 1. The van der Waals surface area contributed by atoms with Crippen LogP contribution in [0, 0.1) is 11.8 Å². The van der Waals surface area contributed by atoms with Crippen LogP contribution in [0.4, 0.5) is 0 Å². The molecule has 0 unspecified atom stereocenters. The van der Waals surface area contributed by atoms with Crippen LogP contribution in [0.5, 0.6) is 5.75 Å². The first-order chi connectivity index (χ1) is 10.6. The summed E-state index contributed by atoms with van der Waals surface area (Å²) >= 11 is 0. The summed E-state index contributed by atoms with van der Waals surface area (Å²) in [6, 6.07) is 8.37. The van der Waals surface area contributed by atoms with Crippen molar-refractivity contribution in [1.29, 1.82) is 0 Å². The molecule has 1 heterocycles. The number of carbonyl (C=O) groups is 1. The van der Waals surface area contributed by atoms with Crippen molar-refractivity contribution >= 4 is 5.91 Å². The molecule has 1 aromatic carbocycles. The molecule has 1 amide bonds. The van der Waals surface area contributed by atoms with Gasteiger partial charge < -0.3 is 9.64 Å². The first-order valence-electron chi connectivity index (χ1n) is 8.49. The van der Waals surface area contributed by atoms with Crippen molar-refractivity contribution in [2.45, 2.75) is 46.0 Å². The number of likely N-dealkylation sites (tertiary alicyclic amines) is 1. The van der Waals surface area contributed by atoms with Crippen molar-refractivity contribution < 1.29 is 9.53 Å². The van der Waals surface area contributed by atoms with Crippen LogP contribution < -0.4 is 4.74 Å². The van der Waals surface area contributed by atoms with Crippen LogP contribution in [0.15, 0.2) is 24.3 Å². The Bertz CT molecular complexity index is 459. The molecule has 0 bridgehead atoms. The van der Waals surface area contributed by atoms with Gasteiger partial charge in [-0.3, -0.25) is 4.79 Å². The molecule has 22 heavy (non-hydrogen) atoms. The second-order valence-corrected chi connectivity index (χ2v) is 6.81. The summed E-state index contributed by atoms with van der Waals surface area (Å²) in [6.45, 7) is 6.11. The third-order valence-corrected chi connectivity index (χ3v) is 4.55. The Morgan fingerprint density at radius 1 is 1.23 bits per heavy atom. The number of benzene rings is 1. The van der Waals surface area contributed by atoms with Crippen molar-refractivity contribution in [3.05, 3.63) is 29.8 Å². The molecule has 1 fully saturated rings. The Hall–Kier alpha value is -1.51. The molecule has 0 atom stereocenters. The third-order valence-electron chi connectivity index (χ3n) is 4.55. The summed E-state index contributed by atoms with van der Waals surface area (Å²) < 4.78 is 5.19. The van der Waals surface area contributed by atoms with Crippen molar-refractivity contribution in [2.24, 2.45) is 11.8 Å². The van der Waals surface area contributed by atoms with Gasteiger partial charge in [0.25, 0.3) is 0 Å². The summed E-state index contributed by atoms with van der Waals surface area (Å²) in [5.74, 6) is 2.47. The Kier molecular flexibility index (Phi) is 6.29. The van der Waals surface area contributed by atoms with Crippen LogP contribution in [-0.2, 0) is 11.2 Å². The van der Waals surface area contributed by atoms with E-state index in [-0.39, 0.29) is 0 Å². The topological polar surface area (TPSA) is 29.5 Å². The lowest BCUT2D eigenvalue weighted by atomic mass is 9.90. The van der Waals surface area contributed by atoms with E-state index in [1.807, 2.05) is 12.1 Å². The van der Waals surface area contributed by atoms with E-state index < -0.39 is 0 Å². The second-order valence-electron chi connectivity index (χ2n) is 6.81. The molecule has 0 radical (unpaired) electrons. The largest absolute Gasteiger partial charge is 0.497 e. The van der Waals surface area contributed by atoms with Gasteiger partial charge in [0.2, 0.25) is 5.91 Å². The summed E-state index contributed by atoms with van der Waals surface area (Å²) in [5, 5.41) is 0. The van der Waals surface area contributed by atoms with Crippen LogP contribution in [0.2, 0.25) is 0 Å². The number of carbonyl (C=O) groups excluding carboxylic acids is 1. The fourth-order valence-corrected chi connectivity index (χ4v) is 3.11. The molecule has 3 heteroatoms. The van der Waals surface area contributed by atoms with E-state index in [1.54, 1.807) is 7.11 Å². The van der Waals surface area contributed by atoms with Crippen molar-refractivity contribution in [3.63, 3.8) is 0 Å². The number of piperidine rings is 1. The highest BCUT2D eigenvalue weighted by Crippen LogP contribution is 2.24. The predicted molar refractivity (Wildman–Crippen MR) is 90.1 cm³/mol. The smallest absolute Gasteiger partial charge is 0.222 e. The van der Waals surface area contributed by atoms with Gasteiger partial charge in [0.05, 0.1) is 7.11 Å². The van der Waals surface area contributed by atoms with Gasteiger partial charge in [-0.05, 0) is 55.2 Å². The number of nitrogens with zero attached hydrogens (tertiary/aromatic N) is 1. The van der Waals surface area contributed by atoms with Gasteiger partial charge in [0.1, 0.15) is 5.75 Å². The standard InChI is InChI=1S/C19H29NO2/c1-15(2)14-19(21)20-12-10-17(11-13-20)5-4-16-6-8-18(22-3)9-7-16/h6-9,15,17H,4-5,10-14H2,1-3H3. The summed E-state index contributed by atoms with van der Waals surface area (Å²) in [6.07, 6.45) is 5.34. The fourth-order valence-electron chi connectivity index (χ4n) is 3.11. The van der Waals surface area contributed by atoms with Gasteiger partial charge in [-0.1, -0.05) is 26.0 Å². The lowest BCUT2D eigenvalue weighted by Crippen LogP contribution is -2.39.